The zero-order valence-corrected chi connectivity index (χ0v) is 13.3. The Kier molecular flexibility index (Phi) is 5.01. The Morgan fingerprint density at radius 3 is 2.61 bits per heavy atom. The number of hydrogen-bond donors (Lipinski definition) is 2. The van der Waals surface area contributed by atoms with E-state index in [0.29, 0.717) is 18.7 Å². The van der Waals surface area contributed by atoms with Gasteiger partial charge in [-0.05, 0) is 41.3 Å². The lowest BCUT2D eigenvalue weighted by Crippen LogP contribution is -2.23. The fraction of sp³-hybridized carbons (Fsp3) is 0.111. The molecule has 0 saturated heterocycles. The molecule has 2 aromatic heterocycles. The van der Waals surface area contributed by atoms with Gasteiger partial charge in [0.1, 0.15) is 0 Å². The highest BCUT2D eigenvalue weighted by atomic mass is 32.1. The third kappa shape index (κ3) is 4.17. The maximum atomic E-state index is 12.4. The first-order valence-corrected chi connectivity index (χ1v) is 8.23. The lowest BCUT2D eigenvalue weighted by atomic mass is 10.1. The van der Waals surface area contributed by atoms with Gasteiger partial charge in [-0.2, -0.15) is 0 Å². The van der Waals surface area contributed by atoms with Crippen molar-refractivity contribution in [1.82, 2.24) is 10.3 Å². The van der Waals surface area contributed by atoms with Crippen molar-refractivity contribution in [2.45, 2.75) is 13.1 Å². The van der Waals surface area contributed by atoms with E-state index >= 15 is 0 Å². The summed E-state index contributed by atoms with van der Waals surface area (Å²) in [6.07, 6.45) is 3.52. The average molecular weight is 323 g/mol. The van der Waals surface area contributed by atoms with Gasteiger partial charge in [0.15, 0.2) is 0 Å². The van der Waals surface area contributed by atoms with Crippen molar-refractivity contribution in [3.8, 4) is 0 Å². The molecule has 0 bridgehead atoms. The SMILES string of the molecule is O=C(NCc1cccs1)c1ccccc1NCc1ccncc1. The van der Waals surface area contributed by atoms with E-state index in [1.165, 1.54) is 0 Å². The number of anilines is 1. The van der Waals surface area contributed by atoms with Gasteiger partial charge in [-0.3, -0.25) is 9.78 Å². The molecule has 116 valence electrons. The summed E-state index contributed by atoms with van der Waals surface area (Å²) in [4.78, 5) is 17.6. The minimum absolute atomic E-state index is 0.0729. The molecular weight excluding hydrogens is 306 g/mol. The maximum absolute atomic E-state index is 12.4. The van der Waals surface area contributed by atoms with Gasteiger partial charge in [-0.1, -0.05) is 18.2 Å². The highest BCUT2D eigenvalue weighted by molar-refractivity contribution is 7.09. The summed E-state index contributed by atoms with van der Waals surface area (Å²) in [6.45, 7) is 1.20. The van der Waals surface area contributed by atoms with E-state index in [1.807, 2.05) is 53.9 Å². The predicted octanol–water partition coefficient (Wildman–Crippen LogP) is 3.69. The van der Waals surface area contributed by atoms with Crippen LogP contribution in [0.2, 0.25) is 0 Å². The number of nitrogens with zero attached hydrogens (tertiary/aromatic N) is 1. The highest BCUT2D eigenvalue weighted by Crippen LogP contribution is 2.16. The second kappa shape index (κ2) is 7.56. The Balaban J connectivity index is 1.66. The van der Waals surface area contributed by atoms with E-state index in [1.54, 1.807) is 23.7 Å². The second-order valence-electron chi connectivity index (χ2n) is 5.02. The third-order valence-electron chi connectivity index (χ3n) is 3.41. The first-order chi connectivity index (χ1) is 11.3. The molecule has 4 nitrogen and oxygen atoms in total. The summed E-state index contributed by atoms with van der Waals surface area (Å²) in [6, 6.07) is 15.4. The number of pyridine rings is 1. The zero-order chi connectivity index (χ0) is 15.9. The molecule has 0 saturated carbocycles. The molecule has 23 heavy (non-hydrogen) atoms. The molecule has 0 spiro atoms. The van der Waals surface area contributed by atoms with Crippen LogP contribution in [0.4, 0.5) is 5.69 Å². The van der Waals surface area contributed by atoms with Crippen molar-refractivity contribution in [3.63, 3.8) is 0 Å². The molecule has 0 aliphatic heterocycles. The van der Waals surface area contributed by atoms with Crippen LogP contribution in [0, 0.1) is 0 Å². The molecule has 0 fully saturated rings. The number of aromatic nitrogens is 1. The van der Waals surface area contributed by atoms with Crippen LogP contribution in [0.15, 0.2) is 66.3 Å². The number of benzene rings is 1. The number of amides is 1. The van der Waals surface area contributed by atoms with Gasteiger partial charge in [0, 0.05) is 29.5 Å². The number of carbonyl (C=O) groups excluding carboxylic acids is 1. The summed E-state index contributed by atoms with van der Waals surface area (Å²) in [5.74, 6) is -0.0729. The molecule has 1 aromatic carbocycles. The third-order valence-corrected chi connectivity index (χ3v) is 4.28. The van der Waals surface area contributed by atoms with E-state index in [4.69, 9.17) is 0 Å². The van der Waals surface area contributed by atoms with Crippen LogP contribution >= 0.6 is 11.3 Å². The number of carbonyl (C=O) groups is 1. The molecule has 0 aliphatic carbocycles. The summed E-state index contributed by atoms with van der Waals surface area (Å²) < 4.78 is 0. The highest BCUT2D eigenvalue weighted by Gasteiger charge is 2.10. The van der Waals surface area contributed by atoms with Crippen LogP contribution in [-0.4, -0.2) is 10.9 Å². The van der Waals surface area contributed by atoms with Crippen molar-refractivity contribution in [2.75, 3.05) is 5.32 Å². The van der Waals surface area contributed by atoms with Crippen LogP contribution in [0.25, 0.3) is 0 Å². The van der Waals surface area contributed by atoms with Crippen molar-refractivity contribution in [2.24, 2.45) is 0 Å². The van der Waals surface area contributed by atoms with Crippen molar-refractivity contribution < 1.29 is 4.79 Å². The van der Waals surface area contributed by atoms with Crippen molar-refractivity contribution in [3.05, 3.63) is 82.3 Å². The van der Waals surface area contributed by atoms with Crippen molar-refractivity contribution >= 4 is 22.9 Å². The monoisotopic (exact) mass is 323 g/mol. The Labute approximate surface area is 139 Å². The smallest absolute Gasteiger partial charge is 0.253 e. The molecule has 0 atom stereocenters. The van der Waals surface area contributed by atoms with Gasteiger partial charge in [0.2, 0.25) is 0 Å². The summed E-state index contributed by atoms with van der Waals surface area (Å²) in [7, 11) is 0. The lowest BCUT2D eigenvalue weighted by molar-refractivity contribution is 0.0952. The minimum atomic E-state index is -0.0729. The van der Waals surface area contributed by atoms with Crippen molar-refractivity contribution in [1.29, 1.82) is 0 Å². The fourth-order valence-corrected chi connectivity index (χ4v) is 2.85. The van der Waals surface area contributed by atoms with E-state index in [-0.39, 0.29) is 5.91 Å². The Bertz CT molecular complexity index is 757. The van der Waals surface area contributed by atoms with Crippen LogP contribution in [0.5, 0.6) is 0 Å². The van der Waals surface area contributed by atoms with Gasteiger partial charge >= 0.3 is 0 Å². The van der Waals surface area contributed by atoms with E-state index < -0.39 is 0 Å². The largest absolute Gasteiger partial charge is 0.380 e. The minimum Gasteiger partial charge on any atom is -0.380 e. The van der Waals surface area contributed by atoms with Crippen LogP contribution in [-0.2, 0) is 13.1 Å². The molecule has 3 rings (SSSR count). The van der Waals surface area contributed by atoms with Gasteiger partial charge in [0.25, 0.3) is 5.91 Å². The molecular formula is C18H17N3OS. The van der Waals surface area contributed by atoms with Gasteiger partial charge in [-0.15, -0.1) is 11.3 Å². The topological polar surface area (TPSA) is 54.0 Å². The Morgan fingerprint density at radius 1 is 1.00 bits per heavy atom. The summed E-state index contributed by atoms with van der Waals surface area (Å²) >= 11 is 1.64. The first kappa shape index (κ1) is 15.2. The molecule has 0 unspecified atom stereocenters. The molecule has 3 aromatic rings. The summed E-state index contributed by atoms with van der Waals surface area (Å²) in [5.41, 5.74) is 2.60. The number of thiophene rings is 1. The Morgan fingerprint density at radius 2 is 1.83 bits per heavy atom. The lowest BCUT2D eigenvalue weighted by Gasteiger charge is -2.12. The standard InChI is InChI=1S/C18H17N3OS/c22-18(21-13-15-4-3-11-23-15)16-5-1-2-6-17(16)20-12-14-7-9-19-10-8-14/h1-11,20H,12-13H2,(H,21,22). The maximum Gasteiger partial charge on any atom is 0.253 e. The molecule has 5 heteroatoms. The summed E-state index contributed by atoms with van der Waals surface area (Å²) in [5, 5.41) is 8.28. The van der Waals surface area contributed by atoms with Crippen LogP contribution < -0.4 is 10.6 Å². The predicted molar refractivity (Wildman–Crippen MR) is 93.5 cm³/mol. The fourth-order valence-electron chi connectivity index (χ4n) is 2.21. The van der Waals surface area contributed by atoms with Crippen LogP contribution in [0.3, 0.4) is 0 Å². The zero-order valence-electron chi connectivity index (χ0n) is 12.5. The first-order valence-electron chi connectivity index (χ1n) is 7.35. The van der Waals surface area contributed by atoms with Crippen LogP contribution in [0.1, 0.15) is 20.8 Å². The van der Waals surface area contributed by atoms with E-state index in [2.05, 4.69) is 15.6 Å². The number of rotatable bonds is 6. The van der Waals surface area contributed by atoms with Gasteiger partial charge in [0.05, 0.1) is 12.1 Å². The number of nitrogens with one attached hydrogen (secondary N) is 2. The van der Waals surface area contributed by atoms with Gasteiger partial charge < -0.3 is 10.6 Å². The molecule has 2 N–H and O–H groups in total. The normalized spacial score (nSPS) is 10.3. The number of para-hydroxylation sites is 1. The molecule has 0 radical (unpaired) electrons. The van der Waals surface area contributed by atoms with E-state index in [0.717, 1.165) is 16.1 Å². The van der Waals surface area contributed by atoms with Gasteiger partial charge in [-0.25, -0.2) is 0 Å². The number of hydrogen-bond acceptors (Lipinski definition) is 4. The second-order valence-corrected chi connectivity index (χ2v) is 6.05. The molecule has 2 heterocycles. The van der Waals surface area contributed by atoms with E-state index in [9.17, 15) is 4.79 Å². The molecule has 0 aliphatic rings. The Hall–Kier alpha value is -2.66. The average Bonchev–Trinajstić information content (AvgIpc) is 3.12. The molecule has 1 amide bonds. The quantitative estimate of drug-likeness (QED) is 0.727.